The van der Waals surface area contributed by atoms with Crippen LogP contribution in [-0.4, -0.2) is 32.7 Å². The van der Waals surface area contributed by atoms with Crippen LogP contribution in [0.15, 0.2) is 58.8 Å². The molecule has 0 heterocycles. The smallest absolute Gasteiger partial charge is 0.285 e. The number of hydrogen-bond donors (Lipinski definition) is 1. The molecule has 2 aromatic carbocycles. The van der Waals surface area contributed by atoms with Crippen LogP contribution in [0.25, 0.3) is 6.08 Å². The summed E-state index contributed by atoms with van der Waals surface area (Å²) in [5.74, 6) is 0. The van der Waals surface area contributed by atoms with Crippen molar-refractivity contribution < 1.29 is 13.2 Å². The van der Waals surface area contributed by atoms with Crippen molar-refractivity contribution >= 4 is 50.4 Å². The Bertz CT molecular complexity index is 879. The molecule has 1 amide bonds. The molecule has 0 saturated carbocycles. The lowest BCUT2D eigenvalue weighted by atomic mass is 10.2. The average molecular weight is 397 g/mol. The number of carbonyl (C=O) groups is 1. The zero-order valence-corrected chi connectivity index (χ0v) is 16.0. The van der Waals surface area contributed by atoms with Crippen molar-refractivity contribution in [2.75, 3.05) is 18.8 Å². The van der Waals surface area contributed by atoms with Gasteiger partial charge in [0, 0.05) is 29.7 Å². The standard InChI is InChI=1S/C17H17ClN2O3S2/c1-20(2)17(21)24-15-9-7-14(8-10-15)19-25(22,23)12-11-13-5-3-4-6-16(13)18/h3-12,19H,1-2H3. The van der Waals surface area contributed by atoms with Crippen LogP contribution in [0.3, 0.4) is 0 Å². The molecule has 0 bridgehead atoms. The van der Waals surface area contributed by atoms with Crippen molar-refractivity contribution in [1.29, 1.82) is 0 Å². The number of thioether (sulfide) groups is 1. The molecule has 0 atom stereocenters. The van der Waals surface area contributed by atoms with E-state index in [1.807, 2.05) is 0 Å². The van der Waals surface area contributed by atoms with Gasteiger partial charge in [0.15, 0.2) is 0 Å². The molecule has 132 valence electrons. The maximum absolute atomic E-state index is 12.1. The van der Waals surface area contributed by atoms with Crippen molar-refractivity contribution in [3.05, 3.63) is 64.5 Å². The van der Waals surface area contributed by atoms with Gasteiger partial charge in [0.25, 0.3) is 15.3 Å². The Morgan fingerprint density at radius 1 is 1.12 bits per heavy atom. The Balaban J connectivity index is 2.05. The lowest BCUT2D eigenvalue weighted by molar-refractivity contribution is 0.241. The summed E-state index contributed by atoms with van der Waals surface area (Å²) in [7, 11) is -0.330. The van der Waals surface area contributed by atoms with E-state index >= 15 is 0 Å². The largest absolute Gasteiger partial charge is 0.339 e. The zero-order valence-electron chi connectivity index (χ0n) is 13.6. The fourth-order valence-electron chi connectivity index (χ4n) is 1.75. The second kappa shape index (κ2) is 8.42. The summed E-state index contributed by atoms with van der Waals surface area (Å²) in [6, 6.07) is 13.5. The van der Waals surface area contributed by atoms with Crippen LogP contribution in [0.2, 0.25) is 5.02 Å². The quantitative estimate of drug-likeness (QED) is 0.754. The van der Waals surface area contributed by atoms with Crippen molar-refractivity contribution in [1.82, 2.24) is 4.90 Å². The Kier molecular flexibility index (Phi) is 6.52. The first kappa shape index (κ1) is 19.4. The minimum Gasteiger partial charge on any atom is -0.339 e. The number of amides is 1. The van der Waals surface area contributed by atoms with Gasteiger partial charge in [-0.2, -0.15) is 0 Å². The van der Waals surface area contributed by atoms with E-state index in [1.165, 1.54) is 11.0 Å². The molecule has 0 saturated heterocycles. The molecule has 5 nitrogen and oxygen atoms in total. The molecular weight excluding hydrogens is 380 g/mol. The van der Waals surface area contributed by atoms with E-state index < -0.39 is 10.0 Å². The number of halogens is 1. The molecule has 1 N–H and O–H groups in total. The van der Waals surface area contributed by atoms with Crippen molar-refractivity contribution in [3.63, 3.8) is 0 Å². The fraction of sp³-hybridized carbons (Fsp3) is 0.118. The fourth-order valence-corrected chi connectivity index (χ4v) is 3.47. The van der Waals surface area contributed by atoms with Crippen molar-refractivity contribution in [3.8, 4) is 0 Å². The predicted octanol–water partition coefficient (Wildman–Crippen LogP) is 4.53. The van der Waals surface area contributed by atoms with Gasteiger partial charge in [-0.3, -0.25) is 9.52 Å². The highest BCUT2D eigenvalue weighted by molar-refractivity contribution is 8.13. The number of nitrogens with one attached hydrogen (secondary N) is 1. The number of carbonyl (C=O) groups excluding carboxylic acids is 1. The molecule has 2 rings (SSSR count). The number of rotatable bonds is 5. The molecule has 0 aliphatic carbocycles. The average Bonchev–Trinajstić information content (AvgIpc) is 2.55. The van der Waals surface area contributed by atoms with Crippen LogP contribution >= 0.6 is 23.4 Å². The summed E-state index contributed by atoms with van der Waals surface area (Å²) >= 11 is 7.06. The predicted molar refractivity (Wildman–Crippen MR) is 104 cm³/mol. The van der Waals surface area contributed by atoms with E-state index in [9.17, 15) is 13.2 Å². The molecule has 0 aliphatic heterocycles. The van der Waals surface area contributed by atoms with Gasteiger partial charge in [-0.05, 0) is 53.7 Å². The summed E-state index contributed by atoms with van der Waals surface area (Å²) in [5.41, 5.74) is 1.02. The molecule has 0 spiro atoms. The lowest BCUT2D eigenvalue weighted by Crippen LogP contribution is -2.16. The van der Waals surface area contributed by atoms with E-state index in [0.29, 0.717) is 16.3 Å². The summed E-state index contributed by atoms with van der Waals surface area (Å²) in [6.07, 6.45) is 1.44. The monoisotopic (exact) mass is 396 g/mol. The normalized spacial score (nSPS) is 11.5. The number of benzene rings is 2. The van der Waals surface area contributed by atoms with Gasteiger partial charge in [-0.25, -0.2) is 8.42 Å². The van der Waals surface area contributed by atoms with E-state index in [4.69, 9.17) is 11.6 Å². The van der Waals surface area contributed by atoms with Crippen molar-refractivity contribution in [2.24, 2.45) is 0 Å². The summed E-state index contributed by atoms with van der Waals surface area (Å²) in [5, 5.41) is 1.43. The van der Waals surface area contributed by atoms with Gasteiger partial charge in [0.05, 0.1) is 5.41 Å². The van der Waals surface area contributed by atoms with Crippen LogP contribution < -0.4 is 4.72 Å². The molecule has 0 fully saturated rings. The molecule has 0 aliphatic rings. The Morgan fingerprint density at radius 2 is 1.76 bits per heavy atom. The lowest BCUT2D eigenvalue weighted by Gasteiger charge is -2.09. The van der Waals surface area contributed by atoms with Gasteiger partial charge in [-0.15, -0.1) is 0 Å². The molecule has 2 aromatic rings. The molecule has 0 aromatic heterocycles. The molecular formula is C17H17ClN2O3S2. The van der Waals surface area contributed by atoms with Crippen LogP contribution in [-0.2, 0) is 10.0 Å². The summed E-state index contributed by atoms with van der Waals surface area (Å²) in [4.78, 5) is 13.8. The molecule has 25 heavy (non-hydrogen) atoms. The Morgan fingerprint density at radius 3 is 2.36 bits per heavy atom. The highest BCUT2D eigenvalue weighted by Gasteiger charge is 2.09. The first-order chi connectivity index (χ1) is 11.8. The molecule has 0 radical (unpaired) electrons. The maximum Gasteiger partial charge on any atom is 0.285 e. The van der Waals surface area contributed by atoms with Crippen LogP contribution in [0, 0.1) is 0 Å². The van der Waals surface area contributed by atoms with Gasteiger partial charge >= 0.3 is 0 Å². The minimum absolute atomic E-state index is 0.101. The van der Waals surface area contributed by atoms with Gasteiger partial charge in [0.1, 0.15) is 0 Å². The number of nitrogens with zero attached hydrogens (tertiary/aromatic N) is 1. The van der Waals surface area contributed by atoms with Crippen LogP contribution in [0.5, 0.6) is 0 Å². The zero-order chi connectivity index (χ0) is 18.4. The SMILES string of the molecule is CN(C)C(=O)Sc1ccc(NS(=O)(=O)C=Cc2ccccc2Cl)cc1. The molecule has 0 unspecified atom stereocenters. The summed E-state index contributed by atoms with van der Waals surface area (Å²) in [6.45, 7) is 0. The van der Waals surface area contributed by atoms with E-state index in [-0.39, 0.29) is 5.24 Å². The van der Waals surface area contributed by atoms with Crippen LogP contribution in [0.1, 0.15) is 5.56 Å². The highest BCUT2D eigenvalue weighted by atomic mass is 35.5. The number of hydrogen-bond acceptors (Lipinski definition) is 4. The van der Waals surface area contributed by atoms with E-state index in [1.54, 1.807) is 62.6 Å². The van der Waals surface area contributed by atoms with Gasteiger partial charge < -0.3 is 4.90 Å². The minimum atomic E-state index is -3.67. The third kappa shape index (κ3) is 6.12. The second-order valence-corrected chi connectivity index (χ2v) is 8.26. The van der Waals surface area contributed by atoms with Crippen LogP contribution in [0.4, 0.5) is 10.5 Å². The summed E-state index contributed by atoms with van der Waals surface area (Å²) < 4.78 is 26.7. The highest BCUT2D eigenvalue weighted by Crippen LogP contribution is 2.23. The van der Waals surface area contributed by atoms with Gasteiger partial charge in [-0.1, -0.05) is 29.8 Å². The molecule has 8 heteroatoms. The first-order valence-electron chi connectivity index (χ1n) is 7.21. The second-order valence-electron chi connectivity index (χ2n) is 5.26. The third-order valence-corrected chi connectivity index (χ3v) is 5.42. The number of sulfonamides is 1. The first-order valence-corrected chi connectivity index (χ1v) is 9.95. The van der Waals surface area contributed by atoms with Gasteiger partial charge in [0.2, 0.25) is 0 Å². The topological polar surface area (TPSA) is 66.5 Å². The maximum atomic E-state index is 12.1. The third-order valence-electron chi connectivity index (χ3n) is 3.02. The Labute approximate surface area is 156 Å². The van der Waals surface area contributed by atoms with E-state index in [0.717, 1.165) is 22.1 Å². The Hall–Kier alpha value is -1.96. The number of anilines is 1. The van der Waals surface area contributed by atoms with E-state index in [2.05, 4.69) is 4.72 Å². The van der Waals surface area contributed by atoms with Crippen molar-refractivity contribution in [2.45, 2.75) is 4.90 Å².